The largest absolute Gasteiger partial charge is 0.475 e. The highest BCUT2D eigenvalue weighted by Crippen LogP contribution is 2.39. The summed E-state index contributed by atoms with van der Waals surface area (Å²) in [4.78, 5) is -0.437. The van der Waals surface area contributed by atoms with Crippen molar-refractivity contribution in [1.82, 2.24) is 9.91 Å². The molecule has 0 amide bonds. The lowest BCUT2D eigenvalue weighted by atomic mass is 10.4. The van der Waals surface area contributed by atoms with E-state index < -0.39 is 23.3 Å². The molecule has 0 spiro atoms. The highest BCUT2D eigenvalue weighted by Gasteiger charge is 2.64. The molecule has 1 aliphatic heterocycles. The van der Waals surface area contributed by atoms with Crippen LogP contribution in [0, 0.1) is 11.3 Å². The van der Waals surface area contributed by atoms with E-state index in [9.17, 15) is 22.0 Å². The van der Waals surface area contributed by atoms with Crippen molar-refractivity contribution in [3.05, 3.63) is 0 Å². The van der Waals surface area contributed by atoms with Crippen molar-refractivity contribution in [2.24, 2.45) is 5.10 Å². The standard InChI is InChI=1S/C6H5F5N4/c1-14-4(2-12)15(3-13-14)6(10,11)5(7,8)9/h3-4H,1H3. The molecule has 0 aromatic heterocycles. The van der Waals surface area contributed by atoms with Gasteiger partial charge in [-0.3, -0.25) is 9.91 Å². The minimum absolute atomic E-state index is 0.293. The van der Waals surface area contributed by atoms with Crippen LogP contribution in [0.4, 0.5) is 22.0 Å². The van der Waals surface area contributed by atoms with Gasteiger partial charge in [-0.05, 0) is 0 Å². The molecule has 1 rings (SSSR count). The zero-order valence-corrected chi connectivity index (χ0v) is 7.33. The van der Waals surface area contributed by atoms with Gasteiger partial charge in [-0.2, -0.15) is 32.3 Å². The smallest absolute Gasteiger partial charge is 0.262 e. The van der Waals surface area contributed by atoms with Crippen LogP contribution >= 0.6 is 0 Å². The van der Waals surface area contributed by atoms with Crippen LogP contribution in [0.15, 0.2) is 5.10 Å². The predicted molar refractivity (Wildman–Crippen MR) is 38.5 cm³/mol. The number of nitriles is 1. The Hall–Kier alpha value is -1.59. The molecule has 0 aromatic carbocycles. The molecule has 4 nitrogen and oxygen atoms in total. The summed E-state index contributed by atoms with van der Waals surface area (Å²) in [7, 11) is 1.12. The molecular weight excluding hydrogens is 223 g/mol. The SMILES string of the molecule is CN1N=CN(C(F)(F)C(F)(F)F)C1C#N. The lowest BCUT2D eigenvalue weighted by Gasteiger charge is -2.31. The van der Waals surface area contributed by atoms with Gasteiger partial charge in [0.2, 0.25) is 6.17 Å². The van der Waals surface area contributed by atoms with Crippen LogP contribution in [0.3, 0.4) is 0 Å². The minimum Gasteiger partial charge on any atom is -0.262 e. The van der Waals surface area contributed by atoms with Crippen molar-refractivity contribution >= 4 is 6.34 Å². The Morgan fingerprint density at radius 3 is 2.27 bits per heavy atom. The average Bonchev–Trinajstić information content (AvgIpc) is 2.44. The fourth-order valence-corrected chi connectivity index (χ4v) is 0.962. The highest BCUT2D eigenvalue weighted by atomic mass is 19.4. The third kappa shape index (κ3) is 1.67. The molecule has 1 unspecified atom stereocenters. The van der Waals surface area contributed by atoms with Crippen molar-refractivity contribution in [3.63, 3.8) is 0 Å². The van der Waals surface area contributed by atoms with Gasteiger partial charge in [-0.25, -0.2) is 0 Å². The quantitative estimate of drug-likeness (QED) is 0.500. The Morgan fingerprint density at radius 1 is 1.33 bits per heavy atom. The van der Waals surface area contributed by atoms with Gasteiger partial charge in [-0.15, -0.1) is 0 Å². The highest BCUT2D eigenvalue weighted by molar-refractivity contribution is 5.59. The molecule has 84 valence electrons. The number of alkyl halides is 5. The van der Waals surface area contributed by atoms with Crippen molar-refractivity contribution < 1.29 is 22.0 Å². The van der Waals surface area contributed by atoms with Crippen LogP contribution < -0.4 is 0 Å². The lowest BCUT2D eigenvalue weighted by Crippen LogP contribution is -2.55. The first-order chi connectivity index (χ1) is 6.71. The Kier molecular flexibility index (Phi) is 2.46. The van der Waals surface area contributed by atoms with Gasteiger partial charge in [0.15, 0.2) is 0 Å². The number of hydrogen-bond acceptors (Lipinski definition) is 4. The molecule has 1 aliphatic rings. The fraction of sp³-hybridized carbons (Fsp3) is 0.667. The third-order valence-electron chi connectivity index (χ3n) is 1.76. The molecule has 15 heavy (non-hydrogen) atoms. The minimum atomic E-state index is -5.75. The summed E-state index contributed by atoms with van der Waals surface area (Å²) in [5.41, 5.74) is 0. The molecule has 1 atom stereocenters. The van der Waals surface area contributed by atoms with E-state index in [0.29, 0.717) is 11.3 Å². The topological polar surface area (TPSA) is 42.6 Å². The molecule has 0 radical (unpaired) electrons. The molecule has 0 aliphatic carbocycles. The number of halogens is 5. The predicted octanol–water partition coefficient (Wildman–Crippen LogP) is 1.18. The maximum Gasteiger partial charge on any atom is 0.475 e. The molecular formula is C6H5F5N4. The summed E-state index contributed by atoms with van der Waals surface area (Å²) in [5, 5.41) is 12.3. The third-order valence-corrected chi connectivity index (χ3v) is 1.76. The van der Waals surface area contributed by atoms with Crippen molar-refractivity contribution in [2.45, 2.75) is 18.4 Å². The van der Waals surface area contributed by atoms with Gasteiger partial charge in [0.1, 0.15) is 12.4 Å². The summed E-state index contributed by atoms with van der Waals surface area (Å²) in [6.45, 7) is 0. The van der Waals surface area contributed by atoms with Crippen molar-refractivity contribution in [2.75, 3.05) is 7.05 Å². The molecule has 0 bridgehead atoms. The lowest BCUT2D eigenvalue weighted by molar-refractivity contribution is -0.330. The molecule has 1 heterocycles. The second kappa shape index (κ2) is 3.22. The first-order valence-corrected chi connectivity index (χ1v) is 3.61. The molecule has 0 saturated carbocycles. The van der Waals surface area contributed by atoms with E-state index in [1.807, 2.05) is 0 Å². The summed E-state index contributed by atoms with van der Waals surface area (Å²) in [5.74, 6) is 0. The Balaban J connectivity index is 3.00. The summed E-state index contributed by atoms with van der Waals surface area (Å²) >= 11 is 0. The molecule has 0 aromatic rings. The molecule has 0 N–H and O–H groups in total. The van der Waals surface area contributed by atoms with E-state index in [1.54, 1.807) is 0 Å². The monoisotopic (exact) mass is 228 g/mol. The van der Waals surface area contributed by atoms with Gasteiger partial charge in [0, 0.05) is 7.05 Å². The van der Waals surface area contributed by atoms with E-state index in [-0.39, 0.29) is 0 Å². The zero-order chi connectivity index (χ0) is 11.9. The van der Waals surface area contributed by atoms with Gasteiger partial charge in [0.05, 0.1) is 0 Å². The van der Waals surface area contributed by atoms with Crippen molar-refractivity contribution in [1.29, 1.82) is 5.26 Å². The van der Waals surface area contributed by atoms with Crippen LogP contribution in [0.5, 0.6) is 0 Å². The molecule has 0 fully saturated rings. The van der Waals surface area contributed by atoms with Gasteiger partial charge >= 0.3 is 12.2 Å². The second-order valence-electron chi connectivity index (χ2n) is 2.75. The summed E-state index contributed by atoms with van der Waals surface area (Å²) in [6.07, 6.45) is -7.22. The van der Waals surface area contributed by atoms with Crippen LogP contribution in [0.25, 0.3) is 0 Å². The van der Waals surface area contributed by atoms with Gasteiger partial charge in [-0.1, -0.05) is 0 Å². The maximum absolute atomic E-state index is 12.8. The normalized spacial score (nSPS) is 22.1. The second-order valence-corrected chi connectivity index (χ2v) is 2.75. The number of hydrogen-bond donors (Lipinski definition) is 0. The van der Waals surface area contributed by atoms with Gasteiger partial charge in [0.25, 0.3) is 0 Å². The zero-order valence-electron chi connectivity index (χ0n) is 7.33. The van der Waals surface area contributed by atoms with E-state index in [4.69, 9.17) is 5.26 Å². The Labute approximate surface area is 81.2 Å². The first kappa shape index (κ1) is 11.5. The van der Waals surface area contributed by atoms with E-state index in [2.05, 4.69) is 5.10 Å². The summed E-state index contributed by atoms with van der Waals surface area (Å²) in [6, 6.07) is -3.82. The van der Waals surface area contributed by atoms with E-state index in [0.717, 1.165) is 7.05 Å². The van der Waals surface area contributed by atoms with Crippen LogP contribution in [-0.2, 0) is 0 Å². The summed E-state index contributed by atoms with van der Waals surface area (Å²) < 4.78 is 61.4. The van der Waals surface area contributed by atoms with Crippen molar-refractivity contribution in [3.8, 4) is 6.07 Å². The van der Waals surface area contributed by atoms with Crippen LogP contribution in [-0.4, -0.2) is 41.7 Å². The maximum atomic E-state index is 12.8. The number of rotatable bonds is 1. The Bertz CT molecular complexity index is 316. The molecule has 0 saturated heterocycles. The van der Waals surface area contributed by atoms with E-state index >= 15 is 0 Å². The average molecular weight is 228 g/mol. The van der Waals surface area contributed by atoms with Gasteiger partial charge < -0.3 is 0 Å². The first-order valence-electron chi connectivity index (χ1n) is 3.61. The van der Waals surface area contributed by atoms with E-state index in [1.165, 1.54) is 6.07 Å². The fourth-order valence-electron chi connectivity index (χ4n) is 0.962. The van der Waals surface area contributed by atoms with Crippen LogP contribution in [0.1, 0.15) is 0 Å². The molecule has 9 heteroatoms. The Morgan fingerprint density at radius 2 is 1.87 bits per heavy atom. The van der Waals surface area contributed by atoms with Crippen LogP contribution in [0.2, 0.25) is 0 Å². The number of nitrogens with zero attached hydrogens (tertiary/aromatic N) is 4. The number of hydrazone groups is 1.